The van der Waals surface area contributed by atoms with Gasteiger partial charge in [0.25, 0.3) is 0 Å². The predicted molar refractivity (Wildman–Crippen MR) is 104 cm³/mol. The molecule has 2 aliphatic rings. The van der Waals surface area contributed by atoms with Gasteiger partial charge in [-0.1, -0.05) is 0 Å². The number of hydrogen-bond donors (Lipinski definition) is 1. The van der Waals surface area contributed by atoms with Crippen molar-refractivity contribution in [1.29, 1.82) is 0 Å². The van der Waals surface area contributed by atoms with Gasteiger partial charge in [0.05, 0.1) is 36.0 Å². The lowest BCUT2D eigenvalue weighted by atomic mass is 10.1. The van der Waals surface area contributed by atoms with E-state index in [2.05, 4.69) is 20.2 Å². The van der Waals surface area contributed by atoms with Crippen molar-refractivity contribution in [3.8, 4) is 0 Å². The van der Waals surface area contributed by atoms with E-state index < -0.39 is 0 Å². The largest absolute Gasteiger partial charge is 0.376 e. The lowest BCUT2D eigenvalue weighted by molar-refractivity contribution is -0.121. The molecule has 2 aromatic heterocycles. The molecule has 0 aromatic carbocycles. The van der Waals surface area contributed by atoms with Gasteiger partial charge in [0.15, 0.2) is 0 Å². The summed E-state index contributed by atoms with van der Waals surface area (Å²) in [5.41, 5.74) is 3.14. The first-order chi connectivity index (χ1) is 13.1. The van der Waals surface area contributed by atoms with E-state index in [9.17, 15) is 4.79 Å². The van der Waals surface area contributed by atoms with E-state index in [1.54, 1.807) is 11.3 Å². The van der Waals surface area contributed by atoms with Crippen molar-refractivity contribution < 1.29 is 9.53 Å². The van der Waals surface area contributed by atoms with E-state index in [0.717, 1.165) is 71.7 Å². The fraction of sp³-hybridized carbons (Fsp3) is 0.579. The number of anilines is 1. The van der Waals surface area contributed by atoms with Gasteiger partial charge in [-0.15, -0.1) is 11.3 Å². The number of fused-ring (bicyclic) bond motifs is 1. The number of nitrogens with one attached hydrogen (secondary N) is 1. The highest BCUT2D eigenvalue weighted by molar-refractivity contribution is 7.11. The maximum absolute atomic E-state index is 12.5. The summed E-state index contributed by atoms with van der Waals surface area (Å²) in [7, 11) is 0. The van der Waals surface area contributed by atoms with Crippen LogP contribution < -0.4 is 10.2 Å². The topological polar surface area (TPSA) is 80.2 Å². The molecule has 8 heteroatoms. The average Bonchev–Trinajstić information content (AvgIpc) is 2.98. The highest BCUT2D eigenvalue weighted by Crippen LogP contribution is 2.21. The van der Waals surface area contributed by atoms with E-state index in [4.69, 9.17) is 9.72 Å². The summed E-state index contributed by atoms with van der Waals surface area (Å²) in [6.07, 6.45) is 5.14. The molecule has 0 bridgehead atoms. The molecule has 1 atom stereocenters. The smallest absolute Gasteiger partial charge is 0.225 e. The van der Waals surface area contributed by atoms with Gasteiger partial charge in [-0.2, -0.15) is 0 Å². The molecule has 0 radical (unpaired) electrons. The predicted octanol–water partition coefficient (Wildman–Crippen LogP) is 1.95. The zero-order chi connectivity index (χ0) is 18.8. The number of nitrogens with zero attached hydrogens (tertiary/aromatic N) is 4. The van der Waals surface area contributed by atoms with Crippen LogP contribution in [-0.4, -0.2) is 46.6 Å². The molecule has 4 heterocycles. The lowest BCUT2D eigenvalue weighted by Gasteiger charge is -2.33. The molecule has 0 unspecified atom stereocenters. The Balaban J connectivity index is 1.38. The van der Waals surface area contributed by atoms with Crippen LogP contribution in [0.15, 0.2) is 6.20 Å². The van der Waals surface area contributed by atoms with E-state index in [1.807, 2.05) is 20.0 Å². The normalized spacial score (nSPS) is 19.6. The van der Waals surface area contributed by atoms with Crippen molar-refractivity contribution in [1.82, 2.24) is 20.3 Å². The first kappa shape index (κ1) is 18.3. The Kier molecular flexibility index (Phi) is 5.36. The molecule has 27 heavy (non-hydrogen) atoms. The number of amides is 1. The summed E-state index contributed by atoms with van der Waals surface area (Å²) in [5.74, 6) is 0.834. The van der Waals surface area contributed by atoms with Gasteiger partial charge in [0.1, 0.15) is 0 Å². The van der Waals surface area contributed by atoms with E-state index in [1.165, 1.54) is 0 Å². The number of carbonyl (C=O) groups is 1. The highest BCUT2D eigenvalue weighted by Gasteiger charge is 2.24. The molecule has 1 saturated heterocycles. The van der Waals surface area contributed by atoms with Crippen LogP contribution in [0.2, 0.25) is 0 Å². The third-order valence-corrected chi connectivity index (χ3v) is 6.15. The summed E-state index contributed by atoms with van der Waals surface area (Å²) in [5, 5.41) is 4.20. The Labute approximate surface area is 163 Å². The van der Waals surface area contributed by atoms with E-state index >= 15 is 0 Å². The zero-order valence-electron chi connectivity index (χ0n) is 15.8. The molecule has 0 saturated carbocycles. The maximum atomic E-state index is 12.5. The van der Waals surface area contributed by atoms with E-state index in [-0.39, 0.29) is 11.9 Å². The summed E-state index contributed by atoms with van der Waals surface area (Å²) >= 11 is 1.60. The molecule has 2 aromatic rings. The molecule has 4 rings (SSSR count). The van der Waals surface area contributed by atoms with Crippen molar-refractivity contribution in [3.63, 3.8) is 0 Å². The van der Waals surface area contributed by atoms with Crippen molar-refractivity contribution in [2.24, 2.45) is 0 Å². The molecule has 2 aliphatic heterocycles. The monoisotopic (exact) mass is 387 g/mol. The number of ether oxygens (including phenoxy) is 1. The summed E-state index contributed by atoms with van der Waals surface area (Å²) in [4.78, 5) is 29.4. The first-order valence-corrected chi connectivity index (χ1v) is 10.3. The minimum atomic E-state index is 0.0668. The standard InChI is InChI=1S/C19H25N5O2S/c1-12-17(27-13(2)21-12)8-18(25)22-15-4-3-6-24(10-15)19-20-9-14-11-26-7-5-16(14)23-19/h9,15H,3-8,10-11H2,1-2H3,(H,22,25)/t15-/m0/s1. The van der Waals surface area contributed by atoms with Gasteiger partial charge in [0, 0.05) is 42.2 Å². The highest BCUT2D eigenvalue weighted by atomic mass is 32.1. The van der Waals surface area contributed by atoms with Crippen LogP contribution >= 0.6 is 11.3 Å². The Morgan fingerprint density at radius 1 is 1.41 bits per heavy atom. The second-order valence-corrected chi connectivity index (χ2v) is 8.50. The minimum absolute atomic E-state index is 0.0668. The van der Waals surface area contributed by atoms with Crippen LogP contribution in [0.3, 0.4) is 0 Å². The second kappa shape index (κ2) is 7.90. The van der Waals surface area contributed by atoms with Gasteiger partial charge in [-0.05, 0) is 26.7 Å². The SMILES string of the molecule is Cc1nc(C)c(CC(=O)N[C@H]2CCCN(c3ncc4c(n3)CCOC4)C2)s1. The molecule has 1 amide bonds. The van der Waals surface area contributed by atoms with Gasteiger partial charge in [0.2, 0.25) is 11.9 Å². The number of aryl methyl sites for hydroxylation is 2. The average molecular weight is 388 g/mol. The molecule has 144 valence electrons. The Hall–Kier alpha value is -2.06. The van der Waals surface area contributed by atoms with Gasteiger partial charge in [-0.3, -0.25) is 4.79 Å². The van der Waals surface area contributed by atoms with Gasteiger partial charge >= 0.3 is 0 Å². The van der Waals surface area contributed by atoms with Crippen LogP contribution in [0, 0.1) is 13.8 Å². The number of piperidine rings is 1. The zero-order valence-corrected chi connectivity index (χ0v) is 16.6. The Bertz CT molecular complexity index is 838. The third-order valence-electron chi connectivity index (χ3n) is 5.07. The number of carbonyl (C=O) groups excluding carboxylic acids is 1. The summed E-state index contributed by atoms with van der Waals surface area (Å²) in [6.45, 7) is 6.94. The molecule has 7 nitrogen and oxygen atoms in total. The second-order valence-electron chi connectivity index (χ2n) is 7.22. The Morgan fingerprint density at radius 3 is 3.11 bits per heavy atom. The molecule has 0 spiro atoms. The van der Waals surface area contributed by atoms with Crippen LogP contribution in [-0.2, 0) is 29.0 Å². The number of hydrogen-bond acceptors (Lipinski definition) is 7. The fourth-order valence-corrected chi connectivity index (χ4v) is 4.65. The summed E-state index contributed by atoms with van der Waals surface area (Å²) in [6, 6.07) is 0.128. The third kappa shape index (κ3) is 4.27. The van der Waals surface area contributed by atoms with E-state index in [0.29, 0.717) is 13.0 Å². The lowest BCUT2D eigenvalue weighted by Crippen LogP contribution is -2.48. The molecule has 1 N–H and O–H groups in total. The van der Waals surface area contributed by atoms with Crippen LogP contribution in [0.4, 0.5) is 5.95 Å². The van der Waals surface area contributed by atoms with Crippen LogP contribution in [0.5, 0.6) is 0 Å². The first-order valence-electron chi connectivity index (χ1n) is 9.48. The van der Waals surface area contributed by atoms with Crippen LogP contribution in [0.25, 0.3) is 0 Å². The van der Waals surface area contributed by atoms with Crippen molar-refractivity contribution in [2.45, 2.75) is 52.2 Å². The fourth-order valence-electron chi connectivity index (χ4n) is 3.71. The number of rotatable bonds is 4. The quantitative estimate of drug-likeness (QED) is 0.864. The molecule has 1 fully saturated rings. The molecular weight excluding hydrogens is 362 g/mol. The molecule has 0 aliphatic carbocycles. The van der Waals surface area contributed by atoms with Crippen molar-refractivity contribution in [2.75, 3.05) is 24.6 Å². The van der Waals surface area contributed by atoms with Gasteiger partial charge in [-0.25, -0.2) is 15.0 Å². The number of aromatic nitrogens is 3. The minimum Gasteiger partial charge on any atom is -0.376 e. The summed E-state index contributed by atoms with van der Waals surface area (Å²) < 4.78 is 5.46. The van der Waals surface area contributed by atoms with Gasteiger partial charge < -0.3 is 15.0 Å². The Morgan fingerprint density at radius 2 is 2.30 bits per heavy atom. The molecular formula is C19H25N5O2S. The van der Waals surface area contributed by atoms with Crippen LogP contribution in [0.1, 0.15) is 39.7 Å². The maximum Gasteiger partial charge on any atom is 0.225 e. The number of thiazole rings is 1. The van der Waals surface area contributed by atoms with Crippen molar-refractivity contribution >= 4 is 23.2 Å². The van der Waals surface area contributed by atoms with Crippen molar-refractivity contribution in [3.05, 3.63) is 33.0 Å².